The van der Waals surface area contributed by atoms with Gasteiger partial charge in [0.1, 0.15) is 5.78 Å². The summed E-state index contributed by atoms with van der Waals surface area (Å²) in [6, 6.07) is 0. The van der Waals surface area contributed by atoms with Crippen molar-refractivity contribution in [3.05, 3.63) is 0 Å². The average molecular weight is 694 g/mol. The van der Waals surface area contributed by atoms with Crippen LogP contribution in [0.1, 0.15) is 201 Å². The highest BCUT2D eigenvalue weighted by molar-refractivity contribution is 7.80. The molecule has 1 saturated carbocycles. The first-order valence-electron chi connectivity index (χ1n) is 18.9. The van der Waals surface area contributed by atoms with E-state index in [0.717, 1.165) is 109 Å². The molecule has 1 aliphatic rings. The quantitative estimate of drug-likeness (QED) is 0.0568. The minimum absolute atomic E-state index is 0.0240. The third kappa shape index (κ3) is 20.2. The summed E-state index contributed by atoms with van der Waals surface area (Å²) >= 11 is -2.66. The Labute approximate surface area is 285 Å². The first-order chi connectivity index (χ1) is 21.9. The van der Waals surface area contributed by atoms with Crippen LogP contribution in [0.4, 0.5) is 0 Å². The van der Waals surface area contributed by atoms with E-state index in [1.165, 1.54) is 51.4 Å². The van der Waals surface area contributed by atoms with Gasteiger partial charge in [-0.2, -0.15) is 8.42 Å². The molecule has 1 N–H and O–H groups in total. The second-order valence-corrected chi connectivity index (χ2v) is 16.2. The van der Waals surface area contributed by atoms with Gasteiger partial charge in [-0.15, -0.1) is 0 Å². The van der Waals surface area contributed by atoms with Gasteiger partial charge in [0.2, 0.25) is 0 Å². The minimum Gasteiger partial charge on any atom is -0.750 e. The maximum atomic E-state index is 14.7. The van der Waals surface area contributed by atoms with Gasteiger partial charge in [0.15, 0.2) is 0 Å². The smallest absolute Gasteiger partial charge is 0.397 e. The second kappa shape index (κ2) is 25.6. The first kappa shape index (κ1) is 43.6. The SMILES string of the molecule is CCCCCCCCCCC(OS(=O)[O-])C1(C)CCCCCCCCCC(C)(CCCCCCCCCCCOS(=O)(=O)O)C1=O. The van der Waals surface area contributed by atoms with Crippen LogP contribution in [-0.4, -0.2) is 40.2 Å². The van der Waals surface area contributed by atoms with Crippen LogP contribution >= 0.6 is 0 Å². The van der Waals surface area contributed by atoms with Crippen LogP contribution in [0.25, 0.3) is 0 Å². The molecule has 1 rings (SSSR count). The summed E-state index contributed by atoms with van der Waals surface area (Å²) < 4.78 is 63.6. The van der Waals surface area contributed by atoms with Gasteiger partial charge in [-0.25, -0.2) is 8.39 Å². The number of rotatable bonds is 25. The van der Waals surface area contributed by atoms with Crippen LogP contribution in [-0.2, 0) is 34.9 Å². The minimum atomic E-state index is -4.34. The van der Waals surface area contributed by atoms with Crippen molar-refractivity contribution in [3.8, 4) is 0 Å². The van der Waals surface area contributed by atoms with Crippen molar-refractivity contribution in [2.45, 2.75) is 207 Å². The number of unbranched alkanes of at least 4 members (excludes halogenated alkanes) is 15. The summed E-state index contributed by atoms with van der Waals surface area (Å²) in [5.41, 5.74) is -1.30. The molecule has 0 heterocycles. The summed E-state index contributed by atoms with van der Waals surface area (Å²) in [7, 11) is -4.34. The molecule has 46 heavy (non-hydrogen) atoms. The maximum Gasteiger partial charge on any atom is 0.397 e. The lowest BCUT2D eigenvalue weighted by Gasteiger charge is -2.43. The fourth-order valence-electron chi connectivity index (χ4n) is 7.40. The number of hydrogen-bond donors (Lipinski definition) is 1. The van der Waals surface area contributed by atoms with Gasteiger partial charge in [0.05, 0.1) is 29.5 Å². The summed E-state index contributed by atoms with van der Waals surface area (Å²) in [6.07, 6.45) is 28.5. The molecule has 4 atom stereocenters. The Bertz CT molecular complexity index is 912. The van der Waals surface area contributed by atoms with Crippen molar-refractivity contribution >= 4 is 27.5 Å². The normalized spacial score (nSPS) is 23.5. The van der Waals surface area contributed by atoms with Crippen molar-refractivity contribution in [1.29, 1.82) is 0 Å². The fraction of sp³-hybridized carbons (Fsp3) is 0.972. The monoisotopic (exact) mass is 693 g/mol. The Morgan fingerprint density at radius 1 is 0.739 bits per heavy atom. The largest absolute Gasteiger partial charge is 0.750 e. The molecule has 1 aliphatic carbocycles. The molecule has 1 fully saturated rings. The van der Waals surface area contributed by atoms with Gasteiger partial charge in [0.25, 0.3) is 0 Å². The highest BCUT2D eigenvalue weighted by atomic mass is 32.3. The van der Waals surface area contributed by atoms with Crippen molar-refractivity contribution in [3.63, 3.8) is 0 Å². The first-order valence-corrected chi connectivity index (χ1v) is 21.2. The number of carbonyl (C=O) groups excluding carboxylic acids is 1. The summed E-state index contributed by atoms with van der Waals surface area (Å²) in [5, 5.41) is 0. The van der Waals surface area contributed by atoms with Crippen molar-refractivity contribution in [2.24, 2.45) is 10.8 Å². The molecule has 10 heteroatoms. The predicted molar refractivity (Wildman–Crippen MR) is 187 cm³/mol. The Morgan fingerprint density at radius 3 is 1.72 bits per heavy atom. The molecule has 4 unspecified atom stereocenters. The summed E-state index contributed by atoms with van der Waals surface area (Å²) in [5.74, 6) is 0.216. The maximum absolute atomic E-state index is 14.7. The molecule has 274 valence electrons. The number of Topliss-reactive ketones (excluding diaryl/α,β-unsaturated/α-hetero) is 1. The molecule has 0 bridgehead atoms. The van der Waals surface area contributed by atoms with E-state index in [-0.39, 0.29) is 12.4 Å². The zero-order chi connectivity index (χ0) is 34.2. The van der Waals surface area contributed by atoms with Gasteiger partial charge in [-0.05, 0) is 32.1 Å². The topological polar surface area (TPSA) is 130 Å². The molecule has 0 radical (unpaired) electrons. The van der Waals surface area contributed by atoms with Gasteiger partial charge >= 0.3 is 10.4 Å². The van der Waals surface area contributed by atoms with Crippen LogP contribution in [0.3, 0.4) is 0 Å². The van der Waals surface area contributed by atoms with Crippen molar-refractivity contribution in [1.82, 2.24) is 0 Å². The highest BCUT2D eigenvalue weighted by Crippen LogP contribution is 2.45. The molecule has 0 saturated heterocycles. The molecule has 0 aromatic rings. The van der Waals surface area contributed by atoms with E-state index in [1.54, 1.807) is 0 Å². The predicted octanol–water partition coefficient (Wildman–Crippen LogP) is 10.5. The molecule has 0 aliphatic heterocycles. The summed E-state index contributed by atoms with van der Waals surface area (Å²) in [6.45, 7) is 6.40. The Hall–Kier alpha value is -0.390. The molecular weight excluding hydrogens is 625 g/mol. The lowest BCUT2D eigenvalue weighted by atomic mass is 9.62. The Morgan fingerprint density at radius 2 is 1.20 bits per heavy atom. The van der Waals surface area contributed by atoms with E-state index < -0.39 is 38.7 Å². The molecule has 0 aromatic carbocycles. The van der Waals surface area contributed by atoms with Crippen LogP contribution in [0.2, 0.25) is 0 Å². The van der Waals surface area contributed by atoms with Crippen LogP contribution in [0.15, 0.2) is 0 Å². The molecule has 0 spiro atoms. The van der Waals surface area contributed by atoms with E-state index in [0.29, 0.717) is 19.3 Å². The Kier molecular flexibility index (Phi) is 24.2. The van der Waals surface area contributed by atoms with Gasteiger partial charge in [0, 0.05) is 5.41 Å². The highest BCUT2D eigenvalue weighted by Gasteiger charge is 2.49. The van der Waals surface area contributed by atoms with Gasteiger partial charge < -0.3 is 4.55 Å². The number of carbonyl (C=O) groups is 1. The lowest BCUT2D eigenvalue weighted by molar-refractivity contribution is -0.145. The van der Waals surface area contributed by atoms with Gasteiger partial charge in [-0.3, -0.25) is 13.5 Å². The van der Waals surface area contributed by atoms with Gasteiger partial charge in [-0.1, -0.05) is 168 Å². The third-order valence-electron chi connectivity index (χ3n) is 10.3. The molecular formula is C36H69O8S2-. The van der Waals surface area contributed by atoms with Crippen molar-refractivity contribution in [2.75, 3.05) is 6.61 Å². The summed E-state index contributed by atoms with van der Waals surface area (Å²) in [4.78, 5) is 14.7. The van der Waals surface area contributed by atoms with Crippen LogP contribution in [0, 0.1) is 10.8 Å². The zero-order valence-electron chi connectivity index (χ0n) is 29.7. The van der Waals surface area contributed by atoms with E-state index in [4.69, 9.17) is 8.74 Å². The molecule has 8 nitrogen and oxygen atoms in total. The average Bonchev–Trinajstić information content (AvgIpc) is 2.99. The second-order valence-electron chi connectivity index (χ2n) is 14.5. The van der Waals surface area contributed by atoms with Crippen molar-refractivity contribution < 1.29 is 34.9 Å². The number of hydrogen-bond acceptors (Lipinski definition) is 7. The lowest BCUT2D eigenvalue weighted by Crippen LogP contribution is -2.49. The van der Waals surface area contributed by atoms with E-state index in [2.05, 4.69) is 18.0 Å². The third-order valence-corrected chi connectivity index (χ3v) is 11.2. The molecule has 0 amide bonds. The number of ketones is 1. The standard InChI is InChI=1S/C36H70O8S2/c1-4-5-6-7-8-13-18-23-28-33(44-45(38)39)36(3)31-26-21-16-12-15-20-25-30-35(2,34(36)37)29-24-19-14-10-9-11-17-22-27-32-43-46(40,41)42/h33H,4-32H2,1-3H3,(H,38,39)(H,40,41,42)/p-1. The van der Waals surface area contributed by atoms with Crippen LogP contribution in [0.5, 0.6) is 0 Å². The zero-order valence-corrected chi connectivity index (χ0v) is 31.3. The fourth-order valence-corrected chi connectivity index (χ4v) is 8.23. The van der Waals surface area contributed by atoms with E-state index in [9.17, 15) is 22.0 Å². The Balaban J connectivity index is 2.75. The molecule has 0 aromatic heterocycles. The van der Waals surface area contributed by atoms with Crippen LogP contribution < -0.4 is 0 Å². The van der Waals surface area contributed by atoms with E-state index >= 15 is 0 Å². The van der Waals surface area contributed by atoms with E-state index in [1.807, 2.05) is 6.92 Å².